The van der Waals surface area contributed by atoms with Crippen molar-refractivity contribution in [2.45, 2.75) is 27.7 Å². The van der Waals surface area contributed by atoms with Crippen molar-refractivity contribution in [3.8, 4) is 11.4 Å². The highest BCUT2D eigenvalue weighted by molar-refractivity contribution is 5.50. The first-order valence-electron chi connectivity index (χ1n) is 7.42. The molecule has 0 atom stereocenters. The first kappa shape index (κ1) is 16.4. The molecule has 0 N–H and O–H groups in total. The Bertz CT molecular complexity index is 805. The van der Waals surface area contributed by atoms with Crippen LogP contribution in [0, 0.1) is 51.0 Å². The van der Waals surface area contributed by atoms with Crippen molar-refractivity contribution in [3.05, 3.63) is 70.3 Å². The molecule has 0 aliphatic carbocycles. The number of aromatic nitrogens is 2. The minimum absolute atomic E-state index is 0.477. The minimum atomic E-state index is -1.42. The van der Waals surface area contributed by atoms with Crippen molar-refractivity contribution < 1.29 is 17.6 Å². The third-order valence-corrected chi connectivity index (χ3v) is 4.21. The van der Waals surface area contributed by atoms with Gasteiger partial charge in [0.15, 0.2) is 23.3 Å². The molecule has 0 fully saturated rings. The summed E-state index contributed by atoms with van der Waals surface area (Å²) in [5.41, 5.74) is 0.429. The molecule has 0 saturated carbocycles. The highest BCUT2D eigenvalue weighted by Crippen LogP contribution is 2.32. The van der Waals surface area contributed by atoms with Crippen LogP contribution in [0.1, 0.15) is 22.8 Å². The van der Waals surface area contributed by atoms with Gasteiger partial charge in [-0.15, -0.1) is 0 Å². The number of hydrogen-bond acceptors (Lipinski definition) is 0. The summed E-state index contributed by atoms with van der Waals surface area (Å²) in [5.74, 6) is -5.67. The molecule has 0 aliphatic heterocycles. The third kappa shape index (κ3) is 2.17. The fraction of sp³-hybridized carbons (Fsp3) is 0.222. The topological polar surface area (TPSA) is 9.86 Å². The second kappa shape index (κ2) is 5.54. The van der Waals surface area contributed by atoms with Crippen molar-refractivity contribution in [1.82, 2.24) is 9.13 Å². The maximum absolute atomic E-state index is 14.7. The van der Waals surface area contributed by atoms with Gasteiger partial charge in [0.05, 0.1) is 0 Å². The van der Waals surface area contributed by atoms with Gasteiger partial charge in [-0.05, 0) is 52.0 Å². The Balaban J connectivity index is 2.40. The van der Waals surface area contributed by atoms with Crippen molar-refractivity contribution in [1.29, 1.82) is 0 Å². The Morgan fingerprint density at radius 1 is 0.500 bits per heavy atom. The van der Waals surface area contributed by atoms with Gasteiger partial charge in [0.2, 0.25) is 0 Å². The predicted molar refractivity (Wildman–Crippen MR) is 83.9 cm³/mol. The van der Waals surface area contributed by atoms with Gasteiger partial charge in [-0.1, -0.05) is 0 Å². The smallest absolute Gasteiger partial charge is 0.188 e. The van der Waals surface area contributed by atoms with Crippen LogP contribution in [-0.2, 0) is 0 Å². The van der Waals surface area contributed by atoms with Crippen molar-refractivity contribution in [2.75, 3.05) is 0 Å². The summed E-state index contributed by atoms with van der Waals surface area (Å²) in [4.78, 5) is 0. The molecule has 6 heteroatoms. The van der Waals surface area contributed by atoms with E-state index in [2.05, 4.69) is 0 Å². The van der Waals surface area contributed by atoms with Gasteiger partial charge in [0.25, 0.3) is 0 Å². The summed E-state index contributed by atoms with van der Waals surface area (Å²) >= 11 is 0. The molecule has 126 valence electrons. The molecule has 0 unspecified atom stereocenters. The van der Waals surface area contributed by atoms with E-state index in [1.54, 1.807) is 52.0 Å². The molecule has 3 aromatic rings. The SMILES string of the molecule is Cc1ccc(C)n1-c1c(F)c(F)c(-n2c(C)ccc2C)c(F)c1F. The van der Waals surface area contributed by atoms with Gasteiger partial charge in [-0.3, -0.25) is 0 Å². The second-order valence-corrected chi connectivity index (χ2v) is 5.86. The van der Waals surface area contributed by atoms with Crippen LogP contribution in [0.2, 0.25) is 0 Å². The van der Waals surface area contributed by atoms with Crippen LogP contribution in [-0.4, -0.2) is 9.13 Å². The average molecular weight is 336 g/mol. The second-order valence-electron chi connectivity index (χ2n) is 5.86. The number of benzene rings is 1. The Hall–Kier alpha value is -2.50. The molecule has 0 saturated heterocycles. The number of nitrogens with zero attached hydrogens (tertiary/aromatic N) is 2. The van der Waals surface area contributed by atoms with Crippen LogP contribution in [0.15, 0.2) is 24.3 Å². The zero-order valence-corrected chi connectivity index (χ0v) is 13.7. The van der Waals surface area contributed by atoms with Crippen LogP contribution in [0.5, 0.6) is 0 Å². The minimum Gasteiger partial charge on any atom is -0.313 e. The lowest BCUT2D eigenvalue weighted by atomic mass is 10.2. The largest absolute Gasteiger partial charge is 0.313 e. The molecule has 0 radical (unpaired) electrons. The van der Waals surface area contributed by atoms with Crippen molar-refractivity contribution in [3.63, 3.8) is 0 Å². The molecule has 3 rings (SSSR count). The van der Waals surface area contributed by atoms with E-state index < -0.39 is 34.6 Å². The highest BCUT2D eigenvalue weighted by Gasteiger charge is 2.29. The normalized spacial score (nSPS) is 11.3. The molecule has 2 aromatic heterocycles. The van der Waals surface area contributed by atoms with Gasteiger partial charge in [0.1, 0.15) is 11.4 Å². The van der Waals surface area contributed by atoms with Crippen LogP contribution >= 0.6 is 0 Å². The summed E-state index contributed by atoms with van der Waals surface area (Å²) in [6, 6.07) is 6.49. The first-order chi connectivity index (χ1) is 11.3. The van der Waals surface area contributed by atoms with Gasteiger partial charge >= 0.3 is 0 Å². The molecular formula is C18H16F4N2. The summed E-state index contributed by atoms with van der Waals surface area (Å²) < 4.78 is 61.0. The van der Waals surface area contributed by atoms with E-state index in [0.717, 1.165) is 9.13 Å². The molecule has 0 spiro atoms. The van der Waals surface area contributed by atoms with Gasteiger partial charge < -0.3 is 9.13 Å². The maximum atomic E-state index is 14.7. The Morgan fingerprint density at radius 2 is 0.708 bits per heavy atom. The molecule has 2 nitrogen and oxygen atoms in total. The Labute approximate surface area is 137 Å². The van der Waals surface area contributed by atoms with Gasteiger partial charge in [-0.25, -0.2) is 17.6 Å². The molecule has 1 aromatic carbocycles. The van der Waals surface area contributed by atoms with E-state index in [9.17, 15) is 17.6 Å². The van der Waals surface area contributed by atoms with Gasteiger partial charge in [-0.2, -0.15) is 0 Å². The fourth-order valence-corrected chi connectivity index (χ4v) is 3.04. The quantitative estimate of drug-likeness (QED) is 0.457. The summed E-state index contributed by atoms with van der Waals surface area (Å²) in [6.45, 7) is 6.43. The lowest BCUT2D eigenvalue weighted by Crippen LogP contribution is -2.15. The molecule has 0 aliphatic rings. The lowest BCUT2D eigenvalue weighted by Gasteiger charge is -2.18. The zero-order chi connectivity index (χ0) is 17.8. The van der Waals surface area contributed by atoms with Gasteiger partial charge in [0, 0.05) is 22.8 Å². The Kier molecular flexibility index (Phi) is 3.78. The molecule has 24 heavy (non-hydrogen) atoms. The molecule has 0 amide bonds. The summed E-state index contributed by atoms with van der Waals surface area (Å²) in [7, 11) is 0. The monoisotopic (exact) mass is 336 g/mol. The van der Waals surface area contributed by atoms with E-state index in [1.807, 2.05) is 0 Å². The van der Waals surface area contributed by atoms with Crippen LogP contribution < -0.4 is 0 Å². The van der Waals surface area contributed by atoms with E-state index in [4.69, 9.17) is 0 Å². The number of halogens is 4. The van der Waals surface area contributed by atoms with E-state index in [1.165, 1.54) is 0 Å². The lowest BCUT2D eigenvalue weighted by molar-refractivity contribution is 0.440. The summed E-state index contributed by atoms with van der Waals surface area (Å²) in [5, 5.41) is 0. The van der Waals surface area contributed by atoms with E-state index in [-0.39, 0.29) is 0 Å². The average Bonchev–Trinajstić information content (AvgIpc) is 3.03. The third-order valence-electron chi connectivity index (χ3n) is 4.21. The number of aryl methyl sites for hydroxylation is 4. The summed E-state index contributed by atoms with van der Waals surface area (Å²) in [6.07, 6.45) is 0. The molecule has 0 bridgehead atoms. The first-order valence-corrected chi connectivity index (χ1v) is 7.42. The Morgan fingerprint density at radius 3 is 0.917 bits per heavy atom. The van der Waals surface area contributed by atoms with E-state index >= 15 is 0 Å². The van der Waals surface area contributed by atoms with Crippen LogP contribution in [0.3, 0.4) is 0 Å². The van der Waals surface area contributed by atoms with Crippen LogP contribution in [0.4, 0.5) is 17.6 Å². The van der Waals surface area contributed by atoms with Crippen LogP contribution in [0.25, 0.3) is 11.4 Å². The fourth-order valence-electron chi connectivity index (χ4n) is 3.04. The maximum Gasteiger partial charge on any atom is 0.188 e. The standard InChI is InChI=1S/C18H16F4N2/c1-9-5-6-10(2)23(9)17-13(19)15(21)18(16(22)14(17)20)24-11(3)7-8-12(24)4/h5-8H,1-4H3. The molecular weight excluding hydrogens is 320 g/mol. The highest BCUT2D eigenvalue weighted by atomic mass is 19.2. The van der Waals surface area contributed by atoms with Crippen molar-refractivity contribution >= 4 is 0 Å². The predicted octanol–water partition coefficient (Wildman–Crippen LogP) is 5.06. The zero-order valence-electron chi connectivity index (χ0n) is 13.7. The van der Waals surface area contributed by atoms with E-state index in [0.29, 0.717) is 22.8 Å². The number of hydrogen-bond donors (Lipinski definition) is 0. The molecule has 2 heterocycles. The number of rotatable bonds is 2. The van der Waals surface area contributed by atoms with Crippen molar-refractivity contribution in [2.24, 2.45) is 0 Å².